The zero-order valence-corrected chi connectivity index (χ0v) is 14.0. The Kier molecular flexibility index (Phi) is 4.93. The molecule has 1 aliphatic heterocycles. The van der Waals surface area contributed by atoms with Gasteiger partial charge in [0.1, 0.15) is 5.76 Å². The topological polar surface area (TPSA) is 63.9 Å². The van der Waals surface area contributed by atoms with Crippen LogP contribution in [0, 0.1) is 0 Å². The van der Waals surface area contributed by atoms with Crippen LogP contribution in [0.25, 0.3) is 0 Å². The minimum absolute atomic E-state index is 0.145. The summed E-state index contributed by atoms with van der Waals surface area (Å²) in [5, 5.41) is 2.98. The summed E-state index contributed by atoms with van der Waals surface area (Å²) >= 11 is 0. The number of hydrogen-bond acceptors (Lipinski definition) is 4. The van der Waals surface area contributed by atoms with Crippen molar-refractivity contribution in [3.05, 3.63) is 47.9 Å². The molecule has 2 amide bonds. The van der Waals surface area contributed by atoms with Gasteiger partial charge < -0.3 is 24.1 Å². The minimum atomic E-state index is -0.161. The van der Waals surface area contributed by atoms with Crippen LogP contribution in [-0.2, 0) is 6.54 Å². The number of benzene rings is 1. The Morgan fingerprint density at radius 2 is 2.04 bits per heavy atom. The van der Waals surface area contributed by atoms with E-state index >= 15 is 0 Å². The summed E-state index contributed by atoms with van der Waals surface area (Å²) in [7, 11) is 1.73. The van der Waals surface area contributed by atoms with Crippen LogP contribution in [0.4, 0.5) is 4.79 Å². The SMILES string of the molecule is C[C@H](NC(=O)N(C)Cc1ccco1)c1ccc2c(c1)OCCCO2. The molecule has 1 aliphatic rings. The molecule has 6 nitrogen and oxygen atoms in total. The summed E-state index contributed by atoms with van der Waals surface area (Å²) in [6.07, 6.45) is 2.47. The molecule has 0 saturated heterocycles. The molecule has 2 heterocycles. The molecule has 0 unspecified atom stereocenters. The molecule has 0 bridgehead atoms. The van der Waals surface area contributed by atoms with E-state index in [1.165, 1.54) is 0 Å². The number of hydrogen-bond donors (Lipinski definition) is 1. The monoisotopic (exact) mass is 330 g/mol. The molecule has 128 valence electrons. The molecule has 1 aromatic carbocycles. The zero-order chi connectivity index (χ0) is 16.9. The fraction of sp³-hybridized carbons (Fsp3) is 0.389. The van der Waals surface area contributed by atoms with Gasteiger partial charge in [-0.1, -0.05) is 6.07 Å². The predicted molar refractivity (Wildman–Crippen MR) is 89.2 cm³/mol. The maximum atomic E-state index is 12.3. The molecule has 0 radical (unpaired) electrons. The van der Waals surface area contributed by atoms with Crippen molar-refractivity contribution in [1.82, 2.24) is 10.2 Å². The molecule has 2 aromatic rings. The molecule has 0 spiro atoms. The molecule has 0 aliphatic carbocycles. The number of carbonyl (C=O) groups excluding carboxylic acids is 1. The van der Waals surface area contributed by atoms with Gasteiger partial charge in [-0.15, -0.1) is 0 Å². The van der Waals surface area contributed by atoms with Crippen LogP contribution < -0.4 is 14.8 Å². The normalized spacial score (nSPS) is 14.6. The second kappa shape index (κ2) is 7.29. The Morgan fingerprint density at radius 3 is 2.79 bits per heavy atom. The highest BCUT2D eigenvalue weighted by atomic mass is 16.5. The van der Waals surface area contributed by atoms with Gasteiger partial charge in [-0.2, -0.15) is 0 Å². The molecule has 0 fully saturated rings. The molecule has 3 rings (SSSR count). The van der Waals surface area contributed by atoms with E-state index in [-0.39, 0.29) is 12.1 Å². The van der Waals surface area contributed by atoms with E-state index in [1.54, 1.807) is 18.2 Å². The molecule has 1 aromatic heterocycles. The number of rotatable bonds is 4. The third-order valence-corrected chi connectivity index (χ3v) is 3.93. The molecular weight excluding hydrogens is 308 g/mol. The van der Waals surface area contributed by atoms with Gasteiger partial charge in [0.25, 0.3) is 0 Å². The van der Waals surface area contributed by atoms with Crippen molar-refractivity contribution in [2.24, 2.45) is 0 Å². The lowest BCUT2D eigenvalue weighted by Gasteiger charge is -2.21. The van der Waals surface area contributed by atoms with Crippen LogP contribution in [0.2, 0.25) is 0 Å². The molecule has 1 N–H and O–H groups in total. The second-order valence-electron chi connectivity index (χ2n) is 5.86. The van der Waals surface area contributed by atoms with E-state index in [4.69, 9.17) is 13.9 Å². The van der Waals surface area contributed by atoms with Crippen molar-refractivity contribution < 1.29 is 18.7 Å². The van der Waals surface area contributed by atoms with Gasteiger partial charge in [-0.05, 0) is 36.8 Å². The fourth-order valence-corrected chi connectivity index (χ4v) is 2.54. The van der Waals surface area contributed by atoms with Gasteiger partial charge in [0, 0.05) is 13.5 Å². The summed E-state index contributed by atoms with van der Waals surface area (Å²) in [5.41, 5.74) is 0.971. The smallest absolute Gasteiger partial charge is 0.318 e. The summed E-state index contributed by atoms with van der Waals surface area (Å²) < 4.78 is 16.6. The van der Waals surface area contributed by atoms with Crippen molar-refractivity contribution in [2.45, 2.75) is 25.9 Å². The molecule has 1 atom stereocenters. The third-order valence-electron chi connectivity index (χ3n) is 3.93. The van der Waals surface area contributed by atoms with Crippen molar-refractivity contribution in [3.8, 4) is 11.5 Å². The largest absolute Gasteiger partial charge is 0.490 e. The van der Waals surface area contributed by atoms with Crippen molar-refractivity contribution in [3.63, 3.8) is 0 Å². The number of fused-ring (bicyclic) bond motifs is 1. The average molecular weight is 330 g/mol. The number of carbonyl (C=O) groups is 1. The number of furan rings is 1. The molecule has 24 heavy (non-hydrogen) atoms. The summed E-state index contributed by atoms with van der Waals surface area (Å²) in [6.45, 7) is 3.67. The number of ether oxygens (including phenoxy) is 2. The van der Waals surface area contributed by atoms with Gasteiger partial charge in [0.2, 0.25) is 0 Å². The van der Waals surface area contributed by atoms with E-state index < -0.39 is 0 Å². The first-order chi connectivity index (χ1) is 11.6. The number of urea groups is 1. The Hall–Kier alpha value is -2.63. The molecule has 0 saturated carbocycles. The Balaban J connectivity index is 1.62. The van der Waals surface area contributed by atoms with E-state index in [9.17, 15) is 4.79 Å². The Morgan fingerprint density at radius 1 is 1.25 bits per heavy atom. The lowest BCUT2D eigenvalue weighted by molar-refractivity contribution is 0.199. The van der Waals surface area contributed by atoms with E-state index in [0.717, 1.165) is 29.2 Å². The lowest BCUT2D eigenvalue weighted by Crippen LogP contribution is -2.38. The van der Waals surface area contributed by atoms with Gasteiger partial charge >= 0.3 is 6.03 Å². The van der Waals surface area contributed by atoms with Crippen LogP contribution in [0.5, 0.6) is 11.5 Å². The minimum Gasteiger partial charge on any atom is -0.490 e. The zero-order valence-electron chi connectivity index (χ0n) is 14.0. The number of nitrogens with one attached hydrogen (secondary N) is 1. The maximum absolute atomic E-state index is 12.3. The summed E-state index contributed by atoms with van der Waals surface area (Å²) in [5.74, 6) is 2.23. The van der Waals surface area contributed by atoms with Crippen LogP contribution in [0.3, 0.4) is 0 Å². The van der Waals surface area contributed by atoms with E-state index in [1.807, 2.05) is 37.3 Å². The third kappa shape index (κ3) is 3.82. The molecular formula is C18H22N2O4. The van der Waals surface area contributed by atoms with Crippen molar-refractivity contribution in [1.29, 1.82) is 0 Å². The number of amides is 2. The first-order valence-corrected chi connectivity index (χ1v) is 8.07. The van der Waals surface area contributed by atoms with Gasteiger partial charge in [-0.3, -0.25) is 0 Å². The lowest BCUT2D eigenvalue weighted by atomic mass is 10.1. The first kappa shape index (κ1) is 16.2. The van der Waals surface area contributed by atoms with E-state index in [2.05, 4.69) is 5.32 Å². The van der Waals surface area contributed by atoms with Crippen LogP contribution in [0.1, 0.15) is 30.7 Å². The van der Waals surface area contributed by atoms with Gasteiger partial charge in [-0.25, -0.2) is 4.79 Å². The molecule has 6 heteroatoms. The second-order valence-corrected chi connectivity index (χ2v) is 5.86. The van der Waals surface area contributed by atoms with E-state index in [0.29, 0.717) is 19.8 Å². The van der Waals surface area contributed by atoms with Gasteiger partial charge in [0.15, 0.2) is 11.5 Å². The summed E-state index contributed by atoms with van der Waals surface area (Å²) in [4.78, 5) is 13.9. The summed E-state index contributed by atoms with van der Waals surface area (Å²) in [6, 6.07) is 9.12. The highest BCUT2D eigenvalue weighted by molar-refractivity contribution is 5.74. The highest BCUT2D eigenvalue weighted by Crippen LogP contribution is 2.32. The standard InChI is InChI=1S/C18H22N2O4/c1-13(19-18(21)20(2)12-15-5-3-8-22-15)14-6-7-16-17(11-14)24-10-4-9-23-16/h3,5-8,11,13H,4,9-10,12H2,1-2H3,(H,19,21)/t13-/m0/s1. The Labute approximate surface area is 141 Å². The fourth-order valence-electron chi connectivity index (χ4n) is 2.54. The maximum Gasteiger partial charge on any atom is 0.318 e. The Bertz CT molecular complexity index is 684. The van der Waals surface area contributed by atoms with Gasteiger partial charge in [0.05, 0.1) is 32.1 Å². The number of nitrogens with zero attached hydrogens (tertiary/aromatic N) is 1. The first-order valence-electron chi connectivity index (χ1n) is 8.07. The average Bonchev–Trinajstić information content (AvgIpc) is 2.97. The quantitative estimate of drug-likeness (QED) is 0.934. The highest BCUT2D eigenvalue weighted by Gasteiger charge is 2.17. The van der Waals surface area contributed by atoms with Crippen molar-refractivity contribution in [2.75, 3.05) is 20.3 Å². The van der Waals surface area contributed by atoms with Crippen LogP contribution >= 0.6 is 0 Å². The predicted octanol–water partition coefficient (Wildman–Crippen LogP) is 3.34. The van der Waals surface area contributed by atoms with Crippen molar-refractivity contribution >= 4 is 6.03 Å². The van der Waals surface area contributed by atoms with Crippen LogP contribution in [-0.4, -0.2) is 31.2 Å². The van der Waals surface area contributed by atoms with Crippen LogP contribution in [0.15, 0.2) is 41.0 Å².